The van der Waals surface area contributed by atoms with Gasteiger partial charge in [-0.1, -0.05) is 23.2 Å². The fourth-order valence-electron chi connectivity index (χ4n) is 1.42. The van der Waals surface area contributed by atoms with Crippen LogP contribution in [-0.4, -0.2) is 11.1 Å². The number of carbonyl (C=O) groups is 1. The molecule has 0 radical (unpaired) electrons. The van der Waals surface area contributed by atoms with Crippen LogP contribution in [0.3, 0.4) is 0 Å². The largest absolute Gasteiger partial charge is 0.478 e. The van der Waals surface area contributed by atoms with Gasteiger partial charge < -0.3 is 9.84 Å². The van der Waals surface area contributed by atoms with E-state index in [0.717, 1.165) is 6.07 Å². The summed E-state index contributed by atoms with van der Waals surface area (Å²) in [6.45, 7) is 0. The van der Waals surface area contributed by atoms with Gasteiger partial charge in [0.2, 0.25) is 0 Å². The van der Waals surface area contributed by atoms with Gasteiger partial charge in [0.15, 0.2) is 0 Å². The summed E-state index contributed by atoms with van der Waals surface area (Å²) < 4.78 is 19.3. The number of ether oxygens (including phenoxy) is 1. The molecule has 0 aliphatic rings. The molecule has 0 aliphatic carbocycles. The number of hydrogen-bond acceptors (Lipinski definition) is 2. The number of aromatic carboxylic acids is 1. The molecule has 20 heavy (non-hydrogen) atoms. The van der Waals surface area contributed by atoms with Crippen molar-refractivity contribution in [3.8, 4) is 11.5 Å². The van der Waals surface area contributed by atoms with Crippen molar-refractivity contribution < 1.29 is 19.0 Å². The number of carboxylic acids is 1. The van der Waals surface area contributed by atoms with E-state index in [-0.39, 0.29) is 27.1 Å². The van der Waals surface area contributed by atoms with Crippen molar-refractivity contribution >= 4 is 45.1 Å². The van der Waals surface area contributed by atoms with Crippen LogP contribution in [0.25, 0.3) is 0 Å². The molecule has 0 saturated carbocycles. The first-order chi connectivity index (χ1) is 9.38. The first-order valence-electron chi connectivity index (χ1n) is 5.23. The van der Waals surface area contributed by atoms with Crippen molar-refractivity contribution in [2.45, 2.75) is 0 Å². The Labute approximate surface area is 132 Å². The summed E-state index contributed by atoms with van der Waals surface area (Å²) in [5, 5.41) is 8.89. The van der Waals surface area contributed by atoms with Gasteiger partial charge in [0.05, 0.1) is 20.1 Å². The Balaban J connectivity index is 2.35. The maximum absolute atomic E-state index is 13.4. The molecule has 2 aromatic rings. The molecule has 0 amide bonds. The van der Waals surface area contributed by atoms with E-state index in [4.69, 9.17) is 33.0 Å². The predicted molar refractivity (Wildman–Crippen MR) is 77.6 cm³/mol. The lowest BCUT2D eigenvalue weighted by Gasteiger charge is -2.10. The summed E-state index contributed by atoms with van der Waals surface area (Å²) in [7, 11) is 0. The normalized spacial score (nSPS) is 10.4. The molecule has 0 aromatic heterocycles. The Hall–Kier alpha value is -1.30. The van der Waals surface area contributed by atoms with Crippen molar-refractivity contribution in [2.24, 2.45) is 0 Å². The summed E-state index contributed by atoms with van der Waals surface area (Å²) in [6.07, 6.45) is 0. The lowest BCUT2D eigenvalue weighted by molar-refractivity contribution is 0.0697. The van der Waals surface area contributed by atoms with Crippen molar-refractivity contribution in [1.29, 1.82) is 0 Å². The Morgan fingerprint density at radius 2 is 1.85 bits per heavy atom. The van der Waals surface area contributed by atoms with Crippen LogP contribution in [0, 0.1) is 5.82 Å². The van der Waals surface area contributed by atoms with Gasteiger partial charge in [0.1, 0.15) is 17.3 Å². The fraction of sp³-hybridized carbons (Fsp3) is 0. The van der Waals surface area contributed by atoms with Gasteiger partial charge in [-0.2, -0.15) is 0 Å². The van der Waals surface area contributed by atoms with Gasteiger partial charge in [-0.25, -0.2) is 9.18 Å². The van der Waals surface area contributed by atoms with Crippen molar-refractivity contribution in [3.63, 3.8) is 0 Å². The fourth-order valence-corrected chi connectivity index (χ4v) is 2.36. The molecule has 3 nitrogen and oxygen atoms in total. The van der Waals surface area contributed by atoms with E-state index in [1.807, 2.05) is 0 Å². The number of hydrogen-bond donors (Lipinski definition) is 1. The van der Waals surface area contributed by atoms with Gasteiger partial charge in [0.25, 0.3) is 0 Å². The van der Waals surface area contributed by atoms with Crippen molar-refractivity contribution in [3.05, 3.63) is 56.2 Å². The third-order valence-corrected chi connectivity index (χ3v) is 3.58. The minimum Gasteiger partial charge on any atom is -0.478 e. The number of rotatable bonds is 3. The van der Waals surface area contributed by atoms with E-state index in [0.29, 0.717) is 4.47 Å². The zero-order valence-electron chi connectivity index (χ0n) is 9.66. The lowest BCUT2D eigenvalue weighted by Crippen LogP contribution is -1.96. The Kier molecular flexibility index (Phi) is 4.52. The SMILES string of the molecule is O=C(O)c1ccc(Oc2cc(F)c(Cl)cc2Br)c(Cl)c1. The summed E-state index contributed by atoms with van der Waals surface area (Å²) in [4.78, 5) is 10.8. The van der Waals surface area contributed by atoms with E-state index >= 15 is 0 Å². The molecule has 104 valence electrons. The molecular weight excluding hydrogens is 374 g/mol. The quantitative estimate of drug-likeness (QED) is 0.727. The van der Waals surface area contributed by atoms with E-state index in [1.54, 1.807) is 0 Å². The van der Waals surface area contributed by atoms with Crippen LogP contribution in [-0.2, 0) is 0 Å². The van der Waals surface area contributed by atoms with Crippen LogP contribution in [0.2, 0.25) is 10.0 Å². The third-order valence-electron chi connectivity index (χ3n) is 2.37. The van der Waals surface area contributed by atoms with E-state index < -0.39 is 11.8 Å². The summed E-state index contributed by atoms with van der Waals surface area (Å²) >= 11 is 14.7. The highest BCUT2D eigenvalue weighted by Gasteiger charge is 2.12. The van der Waals surface area contributed by atoms with Crippen molar-refractivity contribution in [2.75, 3.05) is 0 Å². The van der Waals surface area contributed by atoms with Crippen LogP contribution in [0.15, 0.2) is 34.8 Å². The number of halogens is 4. The molecule has 0 fully saturated rings. The minimum absolute atomic E-state index is 0.0312. The monoisotopic (exact) mass is 378 g/mol. The third kappa shape index (κ3) is 3.23. The average molecular weight is 380 g/mol. The van der Waals surface area contributed by atoms with E-state index in [9.17, 15) is 9.18 Å². The lowest BCUT2D eigenvalue weighted by atomic mass is 10.2. The summed E-state index contributed by atoms with van der Waals surface area (Å²) in [5.41, 5.74) is 0.0312. The molecule has 0 heterocycles. The minimum atomic E-state index is -1.10. The predicted octanol–water partition coefficient (Wildman–Crippen LogP) is 5.39. The van der Waals surface area contributed by atoms with Crippen molar-refractivity contribution in [1.82, 2.24) is 0 Å². The smallest absolute Gasteiger partial charge is 0.335 e. The second-order valence-corrected chi connectivity index (χ2v) is 5.42. The summed E-state index contributed by atoms with van der Waals surface area (Å²) in [6, 6.07) is 6.44. The maximum atomic E-state index is 13.4. The highest BCUT2D eigenvalue weighted by atomic mass is 79.9. The molecule has 0 bridgehead atoms. The Bertz CT molecular complexity index is 692. The zero-order chi connectivity index (χ0) is 14.9. The summed E-state index contributed by atoms with van der Waals surface area (Å²) in [5.74, 6) is -1.35. The van der Waals surface area contributed by atoms with E-state index in [2.05, 4.69) is 15.9 Å². The van der Waals surface area contributed by atoms with Crippen LogP contribution >= 0.6 is 39.1 Å². The van der Waals surface area contributed by atoms with E-state index in [1.165, 1.54) is 24.3 Å². The average Bonchev–Trinajstić information content (AvgIpc) is 2.37. The number of benzene rings is 2. The van der Waals surface area contributed by atoms with Crippen LogP contribution < -0.4 is 4.74 Å². The zero-order valence-corrected chi connectivity index (χ0v) is 12.8. The molecule has 2 aromatic carbocycles. The van der Waals surface area contributed by atoms with Gasteiger partial charge >= 0.3 is 5.97 Å². The van der Waals surface area contributed by atoms with Crippen LogP contribution in [0.5, 0.6) is 11.5 Å². The highest BCUT2D eigenvalue weighted by Crippen LogP contribution is 2.36. The molecule has 0 spiro atoms. The molecular formula is C13H6BrCl2FO3. The molecule has 0 unspecified atom stereocenters. The topological polar surface area (TPSA) is 46.5 Å². The van der Waals surface area contributed by atoms with Gasteiger partial charge in [-0.15, -0.1) is 0 Å². The molecule has 2 rings (SSSR count). The Morgan fingerprint density at radius 3 is 2.45 bits per heavy atom. The Morgan fingerprint density at radius 1 is 1.15 bits per heavy atom. The van der Waals surface area contributed by atoms with Gasteiger partial charge in [0, 0.05) is 6.07 Å². The maximum Gasteiger partial charge on any atom is 0.335 e. The molecule has 1 N–H and O–H groups in total. The standard InChI is InChI=1S/C13H6BrCl2FO3/c14-7-4-8(15)10(17)5-12(7)20-11-2-1-6(13(18)19)3-9(11)16/h1-5H,(H,18,19). The number of carboxylic acid groups (broad SMARTS) is 1. The van der Waals surface area contributed by atoms with Crippen LogP contribution in [0.1, 0.15) is 10.4 Å². The second kappa shape index (κ2) is 5.99. The molecule has 0 atom stereocenters. The molecule has 7 heteroatoms. The highest BCUT2D eigenvalue weighted by molar-refractivity contribution is 9.10. The van der Waals surface area contributed by atoms with Crippen LogP contribution in [0.4, 0.5) is 4.39 Å². The van der Waals surface area contributed by atoms with Gasteiger partial charge in [-0.3, -0.25) is 0 Å². The van der Waals surface area contributed by atoms with Gasteiger partial charge in [-0.05, 0) is 40.2 Å². The second-order valence-electron chi connectivity index (χ2n) is 3.75. The first-order valence-corrected chi connectivity index (χ1v) is 6.78. The molecule has 0 aliphatic heterocycles. The molecule has 0 saturated heterocycles. The first kappa shape index (κ1) is 15.1.